The molecule has 1 aliphatic rings. The Morgan fingerprint density at radius 3 is 2.47 bits per heavy atom. The third-order valence-corrected chi connectivity index (χ3v) is 3.16. The highest BCUT2D eigenvalue weighted by atomic mass is 19.4. The Hall–Kier alpha value is -2.08. The highest BCUT2D eigenvalue weighted by molar-refractivity contribution is 5.99. The minimum Gasteiger partial charge on any atom is -0.423 e. The molecule has 1 atom stereocenters. The lowest BCUT2D eigenvalue weighted by atomic mass is 9.90. The molecule has 1 N–H and O–H groups in total. The first-order valence-electron chi connectivity index (χ1n) is 5.39. The topological polar surface area (TPSA) is 46.5 Å². The Labute approximate surface area is 105 Å². The molecule has 0 bridgehead atoms. The van der Waals surface area contributed by atoms with Gasteiger partial charge in [0.15, 0.2) is 0 Å². The van der Waals surface area contributed by atoms with Crippen LogP contribution >= 0.6 is 0 Å². The molecule has 0 amide bonds. The molecule has 0 aromatic heterocycles. The van der Waals surface area contributed by atoms with E-state index in [2.05, 4.69) is 4.74 Å². The Morgan fingerprint density at radius 1 is 1.11 bits per heavy atom. The first kappa shape index (κ1) is 12.0. The molecule has 0 saturated heterocycles. The Balaban J connectivity index is 2.42. The van der Waals surface area contributed by atoms with Crippen LogP contribution in [0.2, 0.25) is 0 Å². The van der Waals surface area contributed by atoms with Crippen molar-refractivity contribution in [3.8, 4) is 5.75 Å². The zero-order valence-electron chi connectivity index (χ0n) is 9.36. The summed E-state index contributed by atoms with van der Waals surface area (Å²) in [5.41, 5.74) is -4.15. The predicted molar refractivity (Wildman–Crippen MR) is 59.5 cm³/mol. The van der Waals surface area contributed by atoms with Crippen molar-refractivity contribution in [1.82, 2.24) is 0 Å². The van der Waals surface area contributed by atoms with Crippen molar-refractivity contribution >= 4 is 16.7 Å². The smallest absolute Gasteiger partial charge is 0.423 e. The van der Waals surface area contributed by atoms with Gasteiger partial charge in [-0.15, -0.1) is 0 Å². The van der Waals surface area contributed by atoms with Crippen LogP contribution in [0.3, 0.4) is 0 Å². The number of hydrogen-bond donors (Lipinski definition) is 1. The van der Waals surface area contributed by atoms with E-state index in [1.54, 1.807) is 12.1 Å². The molecule has 0 aliphatic carbocycles. The maximum absolute atomic E-state index is 13.1. The Kier molecular flexibility index (Phi) is 2.19. The van der Waals surface area contributed by atoms with Crippen LogP contribution < -0.4 is 4.74 Å². The monoisotopic (exact) mass is 268 g/mol. The van der Waals surface area contributed by atoms with Crippen molar-refractivity contribution in [2.45, 2.75) is 11.8 Å². The van der Waals surface area contributed by atoms with E-state index in [0.29, 0.717) is 5.39 Å². The lowest BCUT2D eigenvalue weighted by Crippen LogP contribution is -2.47. The minimum atomic E-state index is -5.14. The predicted octanol–water partition coefficient (Wildman–Crippen LogP) is 2.51. The lowest BCUT2D eigenvalue weighted by molar-refractivity contribution is -0.258. The van der Waals surface area contributed by atoms with Crippen molar-refractivity contribution in [2.75, 3.05) is 0 Å². The molecule has 19 heavy (non-hydrogen) atoms. The Morgan fingerprint density at radius 2 is 1.79 bits per heavy atom. The number of ether oxygens (including phenoxy) is 1. The van der Waals surface area contributed by atoms with Gasteiger partial charge in [0, 0.05) is 0 Å². The standard InChI is InChI=1S/C13H7F3O3/c14-13(15,16)12(18)10-8-4-2-1-3-7(8)5-6-9(10)19-11(12)17/h1-6,18H/t12-/m0/s1. The van der Waals surface area contributed by atoms with Crippen molar-refractivity contribution in [3.63, 3.8) is 0 Å². The number of carbonyl (C=O) groups is 1. The molecule has 0 unspecified atom stereocenters. The van der Waals surface area contributed by atoms with Gasteiger partial charge in [-0.25, -0.2) is 4.79 Å². The maximum atomic E-state index is 13.1. The molecule has 0 spiro atoms. The molecule has 98 valence electrons. The van der Waals surface area contributed by atoms with E-state index < -0.39 is 23.3 Å². The summed E-state index contributed by atoms with van der Waals surface area (Å²) in [5, 5.41) is 10.5. The number of rotatable bonds is 0. The molecule has 2 aromatic carbocycles. The second-order valence-electron chi connectivity index (χ2n) is 4.26. The summed E-state index contributed by atoms with van der Waals surface area (Å²) in [6.07, 6.45) is -5.14. The van der Waals surface area contributed by atoms with Crippen molar-refractivity contribution < 1.29 is 27.8 Å². The van der Waals surface area contributed by atoms with Crippen molar-refractivity contribution in [3.05, 3.63) is 42.0 Å². The number of fused-ring (bicyclic) bond motifs is 3. The quantitative estimate of drug-likeness (QED) is 0.590. The number of hydrogen-bond acceptors (Lipinski definition) is 3. The van der Waals surface area contributed by atoms with Gasteiger partial charge < -0.3 is 9.84 Å². The number of aliphatic hydroxyl groups is 1. The summed E-state index contributed by atoms with van der Waals surface area (Å²) in [6.45, 7) is 0. The van der Waals surface area contributed by atoms with E-state index in [-0.39, 0.29) is 11.1 Å². The van der Waals surface area contributed by atoms with Gasteiger partial charge in [0.05, 0.1) is 5.56 Å². The maximum Gasteiger partial charge on any atom is 0.432 e. The molecular weight excluding hydrogens is 261 g/mol. The summed E-state index contributed by atoms with van der Waals surface area (Å²) in [4.78, 5) is 11.5. The fourth-order valence-corrected chi connectivity index (χ4v) is 2.24. The van der Waals surface area contributed by atoms with Gasteiger partial charge in [-0.3, -0.25) is 0 Å². The lowest BCUT2D eigenvalue weighted by Gasteiger charge is -2.23. The largest absolute Gasteiger partial charge is 0.432 e. The third-order valence-electron chi connectivity index (χ3n) is 3.16. The van der Waals surface area contributed by atoms with Crippen LogP contribution in [0.4, 0.5) is 13.2 Å². The summed E-state index contributed by atoms with van der Waals surface area (Å²) < 4.78 is 43.7. The van der Waals surface area contributed by atoms with Crippen LogP contribution in [0.15, 0.2) is 36.4 Å². The van der Waals surface area contributed by atoms with E-state index in [9.17, 15) is 23.1 Å². The van der Waals surface area contributed by atoms with Crippen molar-refractivity contribution in [2.24, 2.45) is 0 Å². The van der Waals surface area contributed by atoms with E-state index in [0.717, 1.165) is 0 Å². The van der Waals surface area contributed by atoms with Crippen LogP contribution in [0, 0.1) is 0 Å². The van der Waals surface area contributed by atoms with Gasteiger partial charge in [-0.05, 0) is 16.8 Å². The van der Waals surface area contributed by atoms with E-state index >= 15 is 0 Å². The second kappa shape index (κ2) is 3.48. The molecule has 0 fully saturated rings. The van der Waals surface area contributed by atoms with Crippen molar-refractivity contribution in [1.29, 1.82) is 0 Å². The normalized spacial score (nSPS) is 22.4. The van der Waals surface area contributed by atoms with Crippen LogP contribution in [-0.2, 0) is 10.4 Å². The average Bonchev–Trinajstić information content (AvgIpc) is 2.62. The summed E-state index contributed by atoms with van der Waals surface area (Å²) in [6, 6.07) is 8.96. The SMILES string of the molecule is O=C1Oc2ccc3ccccc3c2[C@@]1(O)C(F)(F)F. The number of benzene rings is 2. The zero-order chi connectivity index (χ0) is 13.8. The fourth-order valence-electron chi connectivity index (χ4n) is 2.24. The fraction of sp³-hybridized carbons (Fsp3) is 0.154. The van der Waals surface area contributed by atoms with Crippen LogP contribution in [0.25, 0.3) is 10.8 Å². The molecule has 1 aliphatic heterocycles. The molecular formula is C13H7F3O3. The first-order valence-corrected chi connectivity index (χ1v) is 5.39. The summed E-state index contributed by atoms with van der Waals surface area (Å²) in [5.74, 6) is -1.98. The van der Waals surface area contributed by atoms with Gasteiger partial charge in [-0.1, -0.05) is 30.3 Å². The first-order chi connectivity index (χ1) is 8.85. The second-order valence-corrected chi connectivity index (χ2v) is 4.26. The molecule has 3 rings (SSSR count). The molecule has 2 aromatic rings. The van der Waals surface area contributed by atoms with Gasteiger partial charge in [0.2, 0.25) is 0 Å². The van der Waals surface area contributed by atoms with E-state index in [1.165, 1.54) is 24.3 Å². The van der Waals surface area contributed by atoms with Gasteiger partial charge >= 0.3 is 12.1 Å². The highest BCUT2D eigenvalue weighted by Gasteiger charge is 2.67. The van der Waals surface area contributed by atoms with E-state index in [4.69, 9.17) is 0 Å². The number of alkyl halides is 3. The molecule has 3 nitrogen and oxygen atoms in total. The molecule has 0 saturated carbocycles. The van der Waals surface area contributed by atoms with Crippen LogP contribution in [0.1, 0.15) is 5.56 Å². The molecule has 1 heterocycles. The third kappa shape index (κ3) is 1.40. The number of halogens is 3. The molecule has 0 radical (unpaired) electrons. The zero-order valence-corrected chi connectivity index (χ0v) is 9.36. The highest BCUT2D eigenvalue weighted by Crippen LogP contribution is 2.50. The van der Waals surface area contributed by atoms with Gasteiger partial charge in [0.1, 0.15) is 5.75 Å². The van der Waals surface area contributed by atoms with Gasteiger partial charge in [-0.2, -0.15) is 13.2 Å². The van der Waals surface area contributed by atoms with Crippen LogP contribution in [0.5, 0.6) is 5.75 Å². The number of carbonyl (C=O) groups excluding carboxylic acids is 1. The Bertz CT molecular complexity index is 693. The average molecular weight is 268 g/mol. The summed E-state index contributed by atoms with van der Waals surface area (Å²) in [7, 11) is 0. The van der Waals surface area contributed by atoms with Crippen LogP contribution in [-0.4, -0.2) is 17.3 Å². The summed E-state index contributed by atoms with van der Waals surface area (Å²) >= 11 is 0. The minimum absolute atomic E-state index is 0.144. The number of esters is 1. The van der Waals surface area contributed by atoms with E-state index in [1.807, 2.05) is 0 Å². The molecule has 6 heteroatoms. The van der Waals surface area contributed by atoms with Gasteiger partial charge in [0.25, 0.3) is 5.60 Å².